The molecule has 30 heavy (non-hydrogen) atoms. The molecule has 0 aromatic carbocycles. The highest BCUT2D eigenvalue weighted by molar-refractivity contribution is 5.93. The Morgan fingerprint density at radius 1 is 1.30 bits per heavy atom. The van der Waals surface area contributed by atoms with Crippen molar-refractivity contribution in [2.75, 3.05) is 6.54 Å². The molecule has 5 N–H and O–H groups in total. The van der Waals surface area contributed by atoms with Gasteiger partial charge in [0.05, 0.1) is 30.1 Å². The molecule has 12 heteroatoms. The zero-order chi connectivity index (χ0) is 22.3. The fourth-order valence-corrected chi connectivity index (χ4v) is 3.45. The average Bonchev–Trinajstić information content (AvgIpc) is 3.35. The summed E-state index contributed by atoms with van der Waals surface area (Å²) < 4.78 is 1.85. The number of carbonyl (C=O) groups is 3. The molecule has 0 bridgehead atoms. The number of aryl methyl sites for hydroxylation is 3. The van der Waals surface area contributed by atoms with Crippen LogP contribution in [0.4, 0.5) is 0 Å². The number of hydrogen-bond acceptors (Lipinski definition) is 7. The Kier molecular flexibility index (Phi) is 8.04. The van der Waals surface area contributed by atoms with Gasteiger partial charge >= 0.3 is 0 Å². The molecule has 2 aromatic rings. The normalized spacial score (nSPS) is 20.2. The van der Waals surface area contributed by atoms with Gasteiger partial charge in [0, 0.05) is 18.2 Å². The second-order valence-electron chi connectivity index (χ2n) is 7.12. The Bertz CT molecular complexity index is 878. The maximum absolute atomic E-state index is 12.4. The third-order valence-corrected chi connectivity index (χ3v) is 4.88. The minimum Gasteiger partial charge on any atom is -0.483 e. The number of amides is 2. The van der Waals surface area contributed by atoms with E-state index in [1.807, 2.05) is 24.6 Å². The van der Waals surface area contributed by atoms with Crippen molar-refractivity contribution in [3.63, 3.8) is 0 Å². The number of carboxylic acid groups (broad SMARTS) is 1. The molecule has 3 rings (SSSR count). The minimum absolute atomic E-state index is 0.120. The van der Waals surface area contributed by atoms with Crippen molar-refractivity contribution in [1.29, 1.82) is 0 Å². The van der Waals surface area contributed by atoms with E-state index in [4.69, 9.17) is 9.90 Å². The molecule has 0 aliphatic heterocycles. The van der Waals surface area contributed by atoms with Crippen LogP contribution in [0.3, 0.4) is 0 Å². The quantitative estimate of drug-likeness (QED) is 0.381. The highest BCUT2D eigenvalue weighted by atomic mass is 16.3. The summed E-state index contributed by atoms with van der Waals surface area (Å²) in [5.41, 5.74) is 2.67. The van der Waals surface area contributed by atoms with Gasteiger partial charge in [-0.15, -0.1) is 0 Å². The van der Waals surface area contributed by atoms with Gasteiger partial charge in [0.15, 0.2) is 5.69 Å². The molecule has 0 radical (unpaired) electrons. The number of nitrogens with one attached hydrogen (secondary N) is 3. The van der Waals surface area contributed by atoms with Crippen molar-refractivity contribution < 1.29 is 24.6 Å². The lowest BCUT2D eigenvalue weighted by Crippen LogP contribution is -2.40. The Balaban J connectivity index is 0.00000101. The molecule has 1 aliphatic rings. The number of nitrogens with zero attached hydrogens (tertiary/aromatic N) is 4. The molecule has 12 nitrogen and oxygen atoms in total. The van der Waals surface area contributed by atoms with Gasteiger partial charge in [-0.3, -0.25) is 19.1 Å². The molecule has 2 aromatic heterocycles. The highest BCUT2D eigenvalue weighted by Crippen LogP contribution is 2.26. The second-order valence-corrected chi connectivity index (χ2v) is 7.12. The van der Waals surface area contributed by atoms with Crippen LogP contribution in [0.15, 0.2) is 6.07 Å². The predicted molar refractivity (Wildman–Crippen MR) is 105 cm³/mol. The molecule has 2 amide bonds. The fraction of sp³-hybridized carbons (Fsp3) is 0.556. The number of aromatic nitrogens is 5. The summed E-state index contributed by atoms with van der Waals surface area (Å²) in [4.78, 5) is 33.0. The minimum atomic E-state index is -0.770. The lowest BCUT2D eigenvalue weighted by molar-refractivity contribution is -0.125. The lowest BCUT2D eigenvalue weighted by Gasteiger charge is -2.15. The predicted octanol–water partition coefficient (Wildman–Crippen LogP) is -0.687. The van der Waals surface area contributed by atoms with E-state index in [0.29, 0.717) is 31.6 Å². The summed E-state index contributed by atoms with van der Waals surface area (Å²) in [6.07, 6.45) is -0.0720. The topological polar surface area (TPSA) is 175 Å². The molecular weight excluding hydrogens is 394 g/mol. The van der Waals surface area contributed by atoms with Gasteiger partial charge in [0.25, 0.3) is 12.4 Å². The van der Waals surface area contributed by atoms with Crippen LogP contribution in [-0.4, -0.2) is 72.4 Å². The number of carbonyl (C=O) groups excluding carboxylic acids is 2. The molecule has 2 heterocycles. The van der Waals surface area contributed by atoms with E-state index in [-0.39, 0.29) is 24.0 Å². The lowest BCUT2D eigenvalue weighted by atomic mass is 10.1. The van der Waals surface area contributed by atoms with Crippen LogP contribution < -0.4 is 10.6 Å². The zero-order valence-electron chi connectivity index (χ0n) is 17.1. The maximum atomic E-state index is 12.4. The van der Waals surface area contributed by atoms with Gasteiger partial charge in [0.1, 0.15) is 0 Å². The van der Waals surface area contributed by atoms with E-state index in [1.165, 1.54) is 0 Å². The van der Waals surface area contributed by atoms with Crippen LogP contribution in [0.1, 0.15) is 40.4 Å². The van der Waals surface area contributed by atoms with Crippen molar-refractivity contribution in [3.8, 4) is 0 Å². The van der Waals surface area contributed by atoms with Crippen molar-refractivity contribution in [1.82, 2.24) is 35.8 Å². The van der Waals surface area contributed by atoms with Gasteiger partial charge in [-0.1, -0.05) is 0 Å². The van der Waals surface area contributed by atoms with Crippen molar-refractivity contribution in [2.45, 2.75) is 52.3 Å². The van der Waals surface area contributed by atoms with E-state index in [2.05, 4.69) is 31.1 Å². The Morgan fingerprint density at radius 3 is 2.57 bits per heavy atom. The van der Waals surface area contributed by atoms with E-state index >= 15 is 0 Å². The molecule has 1 saturated carbocycles. The first kappa shape index (κ1) is 23.0. The van der Waals surface area contributed by atoms with Crippen molar-refractivity contribution >= 4 is 18.3 Å². The highest BCUT2D eigenvalue weighted by Gasteiger charge is 2.38. The van der Waals surface area contributed by atoms with E-state index in [1.54, 1.807) is 6.92 Å². The zero-order valence-corrected chi connectivity index (χ0v) is 17.1. The van der Waals surface area contributed by atoms with Crippen LogP contribution >= 0.6 is 0 Å². The Morgan fingerprint density at radius 2 is 2.00 bits per heavy atom. The first-order valence-corrected chi connectivity index (χ1v) is 9.49. The van der Waals surface area contributed by atoms with Crippen LogP contribution in [0.25, 0.3) is 0 Å². The molecule has 3 atom stereocenters. The Hall–Kier alpha value is -3.28. The molecular formula is C18H27N7O5. The standard InChI is InChI=1S/C17H25N7O3.CH2O2/c1-9-6-10(2)24(22-9)5-4-18-16(26)12-7-13(14(25)8-12)19-17(27)15-11(3)20-23-21-15;2-1-3/h6,12-14,25H,4-5,7-8H2,1-3H3,(H,18,26)(H,19,27)(H,20,21,23);1H,(H,2,3)/t12-,13+,14+;/m0./s1. The summed E-state index contributed by atoms with van der Waals surface area (Å²) in [6, 6.07) is 1.50. The van der Waals surface area contributed by atoms with Crippen molar-refractivity contribution in [3.05, 3.63) is 28.8 Å². The van der Waals surface area contributed by atoms with Crippen LogP contribution in [-0.2, 0) is 16.1 Å². The van der Waals surface area contributed by atoms with E-state index in [0.717, 1.165) is 11.4 Å². The van der Waals surface area contributed by atoms with Gasteiger partial charge < -0.3 is 20.8 Å². The van der Waals surface area contributed by atoms with Crippen LogP contribution in [0.5, 0.6) is 0 Å². The Labute approximate surface area is 173 Å². The van der Waals surface area contributed by atoms with Gasteiger partial charge in [-0.2, -0.15) is 20.5 Å². The summed E-state index contributed by atoms with van der Waals surface area (Å²) >= 11 is 0. The van der Waals surface area contributed by atoms with Gasteiger partial charge in [0.2, 0.25) is 5.91 Å². The number of H-pyrrole nitrogens is 1. The number of aromatic amines is 1. The maximum Gasteiger partial charge on any atom is 0.290 e. The third-order valence-electron chi connectivity index (χ3n) is 4.88. The molecule has 1 fully saturated rings. The van der Waals surface area contributed by atoms with E-state index < -0.39 is 18.1 Å². The smallest absolute Gasteiger partial charge is 0.290 e. The molecule has 0 unspecified atom stereocenters. The summed E-state index contributed by atoms with van der Waals surface area (Å²) in [7, 11) is 0. The number of aliphatic hydroxyl groups excluding tert-OH is 1. The third kappa shape index (κ3) is 5.86. The SMILES string of the molecule is Cc1cc(C)n(CCNC(=O)[C@@H]2C[C@@H](O)[C@H](NC(=O)c3n[nH]nc3C)C2)n1.O=CO. The number of rotatable bonds is 6. The first-order valence-electron chi connectivity index (χ1n) is 9.49. The van der Waals surface area contributed by atoms with Crippen molar-refractivity contribution in [2.24, 2.45) is 5.92 Å². The molecule has 1 aliphatic carbocycles. The first-order chi connectivity index (χ1) is 14.3. The van der Waals surface area contributed by atoms with Crippen LogP contribution in [0.2, 0.25) is 0 Å². The van der Waals surface area contributed by atoms with Gasteiger partial charge in [-0.05, 0) is 39.7 Å². The van der Waals surface area contributed by atoms with Crippen LogP contribution in [0, 0.1) is 26.7 Å². The molecule has 164 valence electrons. The summed E-state index contributed by atoms with van der Waals surface area (Å²) in [5.74, 6) is -0.870. The molecule has 0 saturated heterocycles. The fourth-order valence-electron chi connectivity index (χ4n) is 3.45. The van der Waals surface area contributed by atoms with Gasteiger partial charge in [-0.25, -0.2) is 0 Å². The monoisotopic (exact) mass is 421 g/mol. The number of aliphatic hydroxyl groups is 1. The molecule has 0 spiro atoms. The second kappa shape index (κ2) is 10.5. The average molecular weight is 421 g/mol. The largest absolute Gasteiger partial charge is 0.483 e. The summed E-state index contributed by atoms with van der Waals surface area (Å²) in [6.45, 7) is 6.37. The van der Waals surface area contributed by atoms with E-state index in [9.17, 15) is 14.7 Å². The summed E-state index contributed by atoms with van der Waals surface area (Å²) in [5, 5.41) is 37.1. The number of hydrogen-bond donors (Lipinski definition) is 5.